The number of aliphatic hydroxyl groups excluding tert-OH is 10. The SMILES string of the molecule is COc1cc2oc(-c3ccc(O[C@@H]4OC(CO)[C@@H](O)[C@H](O)C4O)cc3)cc(=O)c2c(O)c1[C@@H]1OC(CO)[C@@H](O)[C@H](O)C1O[C@@H]1OC(C)[C@H](O)C(O)[C@@H]1O. The molecule has 3 aliphatic heterocycles. The van der Waals surface area contributed by atoms with Crippen molar-refractivity contribution in [1.29, 1.82) is 0 Å². The van der Waals surface area contributed by atoms with Crippen LogP contribution in [0.15, 0.2) is 45.6 Å². The molecule has 0 bridgehead atoms. The van der Waals surface area contributed by atoms with Crippen molar-refractivity contribution in [3.63, 3.8) is 0 Å². The second-order valence-corrected chi connectivity index (χ2v) is 13.1. The standard InChI is InChI=1S/C34H42O19/c1-11-22(38)26(42)29(45)33(48-11)53-32-28(44)24(40)18(9-35)51-31(32)21-16(47-2)8-17-20(25(21)41)14(37)7-15(50-17)12-3-5-13(6-4-12)49-34-30(46)27(43)23(39)19(10-36)52-34/h3-8,11,18-19,22-24,26-36,38-46H,9-10H2,1-2H3/t11?,18?,19?,22-,23+,24+,26?,27-,28-,29-,30?,31-,32?,33-,34+/m0/s1. The van der Waals surface area contributed by atoms with E-state index in [9.17, 15) is 61.0 Å². The number of fused-ring (bicyclic) bond motifs is 1. The molecule has 0 amide bonds. The van der Waals surface area contributed by atoms with Crippen LogP contribution >= 0.6 is 0 Å². The number of phenolic OH excluding ortho intramolecular Hbond substituents is 1. The summed E-state index contributed by atoms with van der Waals surface area (Å²) in [6.45, 7) is -0.0325. The van der Waals surface area contributed by atoms with E-state index in [4.69, 9.17) is 32.8 Å². The Morgan fingerprint density at radius 3 is 1.96 bits per heavy atom. The van der Waals surface area contributed by atoms with Gasteiger partial charge in [0.15, 0.2) is 11.7 Å². The molecule has 3 aromatic rings. The Balaban J connectivity index is 1.32. The minimum Gasteiger partial charge on any atom is -0.506 e. The fraction of sp³-hybridized carbons (Fsp3) is 0.559. The summed E-state index contributed by atoms with van der Waals surface area (Å²) in [6.07, 6.45) is -23.5. The molecule has 6 rings (SSSR count). The summed E-state index contributed by atoms with van der Waals surface area (Å²) in [5.74, 6) is -0.695. The Morgan fingerprint density at radius 2 is 1.32 bits per heavy atom. The van der Waals surface area contributed by atoms with Crippen molar-refractivity contribution in [3.05, 3.63) is 52.2 Å². The summed E-state index contributed by atoms with van der Waals surface area (Å²) in [6, 6.07) is 8.20. The lowest BCUT2D eigenvalue weighted by Crippen LogP contribution is -2.61. The van der Waals surface area contributed by atoms with Crippen LogP contribution in [0.5, 0.6) is 17.2 Å². The van der Waals surface area contributed by atoms with Gasteiger partial charge in [-0.1, -0.05) is 0 Å². The minimum absolute atomic E-state index is 0.0309. The molecule has 1 aromatic heterocycles. The van der Waals surface area contributed by atoms with E-state index in [1.165, 1.54) is 44.4 Å². The van der Waals surface area contributed by atoms with Gasteiger partial charge in [0.05, 0.1) is 32.0 Å². The maximum atomic E-state index is 13.6. The summed E-state index contributed by atoms with van der Waals surface area (Å²) >= 11 is 0. The molecule has 3 saturated heterocycles. The molecule has 11 N–H and O–H groups in total. The highest BCUT2D eigenvalue weighted by Crippen LogP contribution is 2.46. The van der Waals surface area contributed by atoms with E-state index in [0.29, 0.717) is 5.56 Å². The molecule has 15 atom stereocenters. The predicted molar refractivity (Wildman–Crippen MR) is 174 cm³/mol. The van der Waals surface area contributed by atoms with E-state index in [1.54, 1.807) is 0 Å². The van der Waals surface area contributed by atoms with E-state index in [1.807, 2.05) is 0 Å². The van der Waals surface area contributed by atoms with E-state index in [0.717, 1.165) is 6.07 Å². The largest absolute Gasteiger partial charge is 0.506 e. The lowest BCUT2D eigenvalue weighted by Gasteiger charge is -2.46. The van der Waals surface area contributed by atoms with E-state index in [2.05, 4.69) is 0 Å². The number of hydrogen-bond acceptors (Lipinski definition) is 19. The molecule has 0 aliphatic carbocycles. The Labute approximate surface area is 299 Å². The molecule has 0 saturated carbocycles. The highest BCUT2D eigenvalue weighted by atomic mass is 16.7. The number of aliphatic hydroxyl groups is 10. The van der Waals surface area contributed by atoms with Gasteiger partial charge < -0.3 is 89.0 Å². The van der Waals surface area contributed by atoms with Gasteiger partial charge in [-0.3, -0.25) is 4.79 Å². The fourth-order valence-electron chi connectivity index (χ4n) is 6.63. The fourth-order valence-corrected chi connectivity index (χ4v) is 6.63. The molecule has 292 valence electrons. The maximum absolute atomic E-state index is 13.6. The first-order valence-electron chi connectivity index (χ1n) is 16.6. The Morgan fingerprint density at radius 1 is 0.717 bits per heavy atom. The van der Waals surface area contributed by atoms with Crippen LogP contribution in [0.2, 0.25) is 0 Å². The Kier molecular flexibility index (Phi) is 11.6. The van der Waals surface area contributed by atoms with Crippen LogP contribution in [0.1, 0.15) is 18.6 Å². The Hall–Kier alpha value is -3.51. The first kappa shape index (κ1) is 39.2. The number of rotatable bonds is 9. The summed E-state index contributed by atoms with van der Waals surface area (Å²) < 4.78 is 39.7. The zero-order valence-corrected chi connectivity index (χ0v) is 28.2. The van der Waals surface area contributed by atoms with Gasteiger partial charge in [-0.15, -0.1) is 0 Å². The van der Waals surface area contributed by atoms with Gasteiger partial charge in [0, 0.05) is 17.7 Å². The first-order chi connectivity index (χ1) is 25.2. The molecule has 6 unspecified atom stereocenters. The van der Waals surface area contributed by atoms with Crippen molar-refractivity contribution in [1.82, 2.24) is 0 Å². The molecule has 3 aliphatic rings. The molecule has 0 spiro atoms. The number of hydrogen-bond donors (Lipinski definition) is 11. The zero-order chi connectivity index (χ0) is 38.5. The minimum atomic E-state index is -1.85. The van der Waals surface area contributed by atoms with Crippen LogP contribution in [-0.2, 0) is 18.9 Å². The molecular weight excluding hydrogens is 712 g/mol. The van der Waals surface area contributed by atoms with Gasteiger partial charge in [0.2, 0.25) is 6.29 Å². The summed E-state index contributed by atoms with van der Waals surface area (Å²) in [5.41, 5.74) is -0.805. The molecular formula is C34H42O19. The summed E-state index contributed by atoms with van der Waals surface area (Å²) in [7, 11) is 1.22. The zero-order valence-electron chi connectivity index (χ0n) is 28.2. The molecule has 0 radical (unpaired) electrons. The molecule has 4 heterocycles. The van der Waals surface area contributed by atoms with Gasteiger partial charge in [0.25, 0.3) is 0 Å². The number of aromatic hydroxyl groups is 1. The van der Waals surface area contributed by atoms with E-state index >= 15 is 0 Å². The summed E-state index contributed by atoms with van der Waals surface area (Å²) in [4.78, 5) is 13.6. The van der Waals surface area contributed by atoms with Crippen molar-refractivity contribution >= 4 is 11.0 Å². The second-order valence-electron chi connectivity index (χ2n) is 13.1. The topological polar surface area (TPSA) is 308 Å². The number of methoxy groups -OCH3 is 1. The average molecular weight is 755 g/mol. The van der Waals surface area contributed by atoms with Gasteiger partial charge in [-0.25, -0.2) is 0 Å². The van der Waals surface area contributed by atoms with Gasteiger partial charge in [0.1, 0.15) is 107 Å². The predicted octanol–water partition coefficient (Wildman–Crippen LogP) is -3.28. The van der Waals surface area contributed by atoms with Crippen molar-refractivity contribution in [3.8, 4) is 28.6 Å². The van der Waals surface area contributed by atoms with Crippen molar-refractivity contribution in [2.24, 2.45) is 0 Å². The van der Waals surface area contributed by atoms with Crippen molar-refractivity contribution in [2.45, 2.75) is 98.9 Å². The molecule has 3 fully saturated rings. The lowest BCUT2D eigenvalue weighted by molar-refractivity contribution is -0.338. The molecule has 19 heteroatoms. The third-order valence-electron chi connectivity index (χ3n) is 9.71. The average Bonchev–Trinajstić information content (AvgIpc) is 3.15. The van der Waals surface area contributed by atoms with Crippen LogP contribution in [0, 0.1) is 0 Å². The summed E-state index contributed by atoms with van der Waals surface area (Å²) in [5, 5.41) is 114. The number of phenols is 1. The third kappa shape index (κ3) is 7.22. The van der Waals surface area contributed by atoms with Crippen LogP contribution in [0.4, 0.5) is 0 Å². The van der Waals surface area contributed by atoms with E-state index in [-0.39, 0.29) is 33.8 Å². The Bertz CT molecular complexity index is 1780. The highest BCUT2D eigenvalue weighted by Gasteiger charge is 2.52. The van der Waals surface area contributed by atoms with Crippen molar-refractivity contribution in [2.75, 3.05) is 20.3 Å². The van der Waals surface area contributed by atoms with Crippen LogP contribution in [0.3, 0.4) is 0 Å². The molecule has 19 nitrogen and oxygen atoms in total. The van der Waals surface area contributed by atoms with Crippen molar-refractivity contribution < 1.29 is 89.0 Å². The first-order valence-corrected chi connectivity index (χ1v) is 16.6. The van der Waals surface area contributed by atoms with Gasteiger partial charge in [-0.05, 0) is 31.2 Å². The number of benzene rings is 2. The smallest absolute Gasteiger partial charge is 0.229 e. The van der Waals surface area contributed by atoms with Gasteiger partial charge >= 0.3 is 0 Å². The third-order valence-corrected chi connectivity index (χ3v) is 9.71. The monoisotopic (exact) mass is 754 g/mol. The van der Waals surface area contributed by atoms with Crippen LogP contribution in [-0.4, -0.2) is 162 Å². The number of ether oxygens (including phenoxy) is 6. The molecule has 2 aromatic carbocycles. The maximum Gasteiger partial charge on any atom is 0.229 e. The van der Waals surface area contributed by atoms with E-state index < -0.39 is 116 Å². The van der Waals surface area contributed by atoms with Gasteiger partial charge in [-0.2, -0.15) is 0 Å². The second kappa shape index (κ2) is 15.7. The van der Waals surface area contributed by atoms with Crippen LogP contribution < -0.4 is 14.9 Å². The normalized spacial score (nSPS) is 37.8. The van der Waals surface area contributed by atoms with Crippen LogP contribution in [0.25, 0.3) is 22.3 Å². The lowest BCUT2D eigenvalue weighted by atomic mass is 9.89. The molecule has 53 heavy (non-hydrogen) atoms. The quantitative estimate of drug-likeness (QED) is 0.102. The highest BCUT2D eigenvalue weighted by molar-refractivity contribution is 5.88.